The van der Waals surface area contributed by atoms with Gasteiger partial charge in [0, 0.05) is 26.0 Å². The molecule has 1 heterocycles. The van der Waals surface area contributed by atoms with Gasteiger partial charge in [-0.25, -0.2) is 5.43 Å². The van der Waals surface area contributed by atoms with Crippen LogP contribution in [0, 0.1) is 3.57 Å². The van der Waals surface area contributed by atoms with E-state index >= 15 is 0 Å². The third-order valence-electron chi connectivity index (χ3n) is 3.35. The second-order valence-electron chi connectivity index (χ2n) is 4.99. The molecule has 0 saturated heterocycles. The number of carbonyl (C=O) groups excluding carboxylic acids is 1. The molecular weight excluding hydrogens is 437 g/mol. The molecule has 6 heteroatoms. The van der Waals surface area contributed by atoms with Gasteiger partial charge in [0.05, 0.1) is 11.9 Å². The van der Waals surface area contributed by atoms with Crippen LogP contribution in [0.3, 0.4) is 0 Å². The largest absolute Gasteiger partial charge is 0.316 e. The van der Waals surface area contributed by atoms with Gasteiger partial charge in [-0.2, -0.15) is 5.10 Å². The van der Waals surface area contributed by atoms with E-state index in [1.165, 1.54) is 3.57 Å². The highest BCUT2D eigenvalue weighted by atomic mass is 127. The molecule has 1 amide bonds. The Kier molecular flexibility index (Phi) is 5.32. The van der Waals surface area contributed by atoms with Crippen LogP contribution in [0.15, 0.2) is 72.0 Å². The lowest BCUT2D eigenvalue weighted by atomic mass is 10.2. The van der Waals surface area contributed by atoms with E-state index in [0.717, 1.165) is 11.4 Å². The monoisotopic (exact) mass is 449 g/mol. The van der Waals surface area contributed by atoms with Gasteiger partial charge in [0.15, 0.2) is 0 Å². The average Bonchev–Trinajstić information content (AvgIpc) is 3.04. The van der Waals surface area contributed by atoms with Gasteiger partial charge in [0.1, 0.15) is 0 Å². The molecule has 2 aromatic carbocycles. The highest BCUT2D eigenvalue weighted by Gasteiger charge is 2.04. The van der Waals surface area contributed by atoms with Crippen LogP contribution in [0.2, 0.25) is 5.02 Å². The summed E-state index contributed by atoms with van der Waals surface area (Å²) in [6.07, 6.45) is 3.57. The summed E-state index contributed by atoms with van der Waals surface area (Å²) < 4.78 is 3.17. The molecule has 0 atom stereocenters. The predicted molar refractivity (Wildman–Crippen MR) is 105 cm³/mol. The molecule has 1 N–H and O–H groups in total. The van der Waals surface area contributed by atoms with Crippen LogP contribution in [0.5, 0.6) is 0 Å². The number of amides is 1. The van der Waals surface area contributed by atoms with Crippen molar-refractivity contribution < 1.29 is 4.79 Å². The summed E-state index contributed by atoms with van der Waals surface area (Å²) in [5.41, 5.74) is 4.92. The van der Waals surface area contributed by atoms with Crippen molar-refractivity contribution in [2.75, 3.05) is 0 Å². The topological polar surface area (TPSA) is 46.4 Å². The number of rotatable bonds is 4. The Bertz CT molecular complexity index is 870. The molecule has 0 aliphatic heterocycles. The lowest BCUT2D eigenvalue weighted by Gasteiger charge is -2.06. The van der Waals surface area contributed by atoms with Crippen LogP contribution in [0.4, 0.5) is 0 Å². The fourth-order valence-electron chi connectivity index (χ4n) is 2.16. The second-order valence-corrected chi connectivity index (χ2v) is 6.67. The van der Waals surface area contributed by atoms with Crippen molar-refractivity contribution in [2.24, 2.45) is 5.10 Å². The first-order chi connectivity index (χ1) is 11.6. The van der Waals surface area contributed by atoms with E-state index in [-0.39, 0.29) is 5.91 Å². The number of nitrogens with one attached hydrogen (secondary N) is 1. The summed E-state index contributed by atoms with van der Waals surface area (Å²) in [5.74, 6) is -0.282. The minimum atomic E-state index is -0.282. The van der Waals surface area contributed by atoms with Crippen LogP contribution < -0.4 is 5.43 Å². The lowest BCUT2D eigenvalue weighted by Crippen LogP contribution is -2.17. The molecular formula is C18H13ClIN3O. The van der Waals surface area contributed by atoms with Crippen molar-refractivity contribution >= 4 is 46.3 Å². The van der Waals surface area contributed by atoms with E-state index in [2.05, 4.69) is 33.1 Å². The Labute approximate surface area is 158 Å². The van der Waals surface area contributed by atoms with Gasteiger partial charge in [-0.05, 0) is 83.3 Å². The predicted octanol–water partition coefficient (Wildman–Crippen LogP) is 4.50. The molecule has 0 aliphatic carbocycles. The highest BCUT2D eigenvalue weighted by Crippen LogP contribution is 2.14. The number of halogens is 2. The van der Waals surface area contributed by atoms with E-state index in [1.807, 2.05) is 47.2 Å². The number of hydrogen-bond acceptors (Lipinski definition) is 2. The Hall–Kier alpha value is -2.12. The summed E-state index contributed by atoms with van der Waals surface area (Å²) in [5, 5.41) is 4.62. The number of carbonyl (C=O) groups is 1. The van der Waals surface area contributed by atoms with Gasteiger partial charge in [0.25, 0.3) is 5.91 Å². The molecule has 3 rings (SSSR count). The van der Waals surface area contributed by atoms with Crippen molar-refractivity contribution in [1.82, 2.24) is 9.99 Å². The highest BCUT2D eigenvalue weighted by molar-refractivity contribution is 14.1. The molecule has 120 valence electrons. The van der Waals surface area contributed by atoms with Crippen molar-refractivity contribution in [2.45, 2.75) is 0 Å². The molecule has 4 nitrogen and oxygen atoms in total. The first-order valence-corrected chi connectivity index (χ1v) is 8.61. The molecule has 0 saturated carbocycles. The Balaban J connectivity index is 1.71. The zero-order chi connectivity index (χ0) is 16.9. The fraction of sp³-hybridized carbons (Fsp3) is 0. The Morgan fingerprint density at radius 1 is 1.08 bits per heavy atom. The van der Waals surface area contributed by atoms with Crippen molar-refractivity contribution in [1.29, 1.82) is 0 Å². The van der Waals surface area contributed by atoms with Gasteiger partial charge in [0.2, 0.25) is 0 Å². The zero-order valence-electron chi connectivity index (χ0n) is 12.5. The summed E-state index contributed by atoms with van der Waals surface area (Å²) in [6.45, 7) is 0. The normalized spacial score (nSPS) is 10.9. The van der Waals surface area contributed by atoms with Crippen molar-refractivity contribution in [3.63, 3.8) is 0 Å². The summed E-state index contributed by atoms with van der Waals surface area (Å²) >= 11 is 8.08. The smallest absolute Gasteiger partial charge is 0.271 e. The molecule has 0 unspecified atom stereocenters. The molecule has 1 aromatic heterocycles. The van der Waals surface area contributed by atoms with E-state index in [1.54, 1.807) is 30.5 Å². The van der Waals surface area contributed by atoms with E-state index in [9.17, 15) is 4.79 Å². The number of hydrazone groups is 1. The molecule has 0 fully saturated rings. The maximum absolute atomic E-state index is 12.0. The van der Waals surface area contributed by atoms with Gasteiger partial charge in [-0.1, -0.05) is 11.6 Å². The SMILES string of the molecule is O=C(N/N=C\c1cccn1-c1ccc(I)cc1)c1ccc(Cl)cc1. The zero-order valence-corrected chi connectivity index (χ0v) is 15.4. The van der Waals surface area contributed by atoms with Crippen LogP contribution >= 0.6 is 34.2 Å². The van der Waals surface area contributed by atoms with Crippen LogP contribution in [-0.4, -0.2) is 16.7 Å². The number of nitrogens with zero attached hydrogens (tertiary/aromatic N) is 2. The summed E-state index contributed by atoms with van der Waals surface area (Å²) in [6, 6.07) is 18.7. The maximum Gasteiger partial charge on any atom is 0.271 e. The van der Waals surface area contributed by atoms with Gasteiger partial charge < -0.3 is 4.57 Å². The standard InChI is InChI=1S/C18H13ClIN3O/c19-14-5-3-13(4-6-14)18(24)22-21-12-17-2-1-11-23(17)16-9-7-15(20)8-10-16/h1-12H,(H,22,24)/b21-12-. The molecule has 3 aromatic rings. The first kappa shape index (κ1) is 16.7. The van der Waals surface area contributed by atoms with E-state index in [0.29, 0.717) is 10.6 Å². The summed E-state index contributed by atoms with van der Waals surface area (Å²) in [4.78, 5) is 12.0. The third-order valence-corrected chi connectivity index (χ3v) is 4.33. The molecule has 0 spiro atoms. The van der Waals surface area contributed by atoms with Crippen LogP contribution in [0.25, 0.3) is 5.69 Å². The molecule has 0 radical (unpaired) electrons. The van der Waals surface area contributed by atoms with Crippen molar-refractivity contribution in [3.05, 3.63) is 86.7 Å². The number of aromatic nitrogens is 1. The number of benzene rings is 2. The Morgan fingerprint density at radius 3 is 2.50 bits per heavy atom. The van der Waals surface area contributed by atoms with Gasteiger partial charge >= 0.3 is 0 Å². The van der Waals surface area contributed by atoms with Crippen LogP contribution in [0.1, 0.15) is 16.1 Å². The van der Waals surface area contributed by atoms with Crippen LogP contribution in [-0.2, 0) is 0 Å². The first-order valence-electron chi connectivity index (χ1n) is 7.16. The second kappa shape index (κ2) is 7.63. The molecule has 0 bridgehead atoms. The summed E-state index contributed by atoms with van der Waals surface area (Å²) in [7, 11) is 0. The average molecular weight is 450 g/mol. The minimum absolute atomic E-state index is 0.282. The minimum Gasteiger partial charge on any atom is -0.316 e. The molecule has 0 aliphatic rings. The maximum atomic E-state index is 12.0. The van der Waals surface area contributed by atoms with Gasteiger partial charge in [-0.15, -0.1) is 0 Å². The van der Waals surface area contributed by atoms with Crippen molar-refractivity contribution in [3.8, 4) is 5.69 Å². The van der Waals surface area contributed by atoms with E-state index < -0.39 is 0 Å². The lowest BCUT2D eigenvalue weighted by molar-refractivity contribution is 0.0955. The third kappa shape index (κ3) is 4.04. The fourth-order valence-corrected chi connectivity index (χ4v) is 2.64. The Morgan fingerprint density at radius 2 is 1.79 bits per heavy atom. The number of hydrogen-bond donors (Lipinski definition) is 1. The molecule has 24 heavy (non-hydrogen) atoms. The van der Waals surface area contributed by atoms with E-state index in [4.69, 9.17) is 11.6 Å². The van der Waals surface area contributed by atoms with Gasteiger partial charge in [-0.3, -0.25) is 4.79 Å². The quantitative estimate of drug-likeness (QED) is 0.356.